The molecule has 1 aliphatic carbocycles. The molecule has 0 aliphatic heterocycles. The van der Waals surface area contributed by atoms with E-state index in [1.54, 1.807) is 0 Å². The quantitative estimate of drug-likeness (QED) is 0.0927. The maximum Gasteiger partial charge on any atom is 0.303 e. The lowest BCUT2D eigenvalue weighted by atomic mass is 9.61. The molecule has 0 heterocycles. The lowest BCUT2D eigenvalue weighted by Crippen LogP contribution is -2.35. The van der Waals surface area contributed by atoms with E-state index in [1.165, 1.54) is 141 Å². The lowest BCUT2D eigenvalue weighted by molar-refractivity contribution is -0.138. The molecule has 4 unspecified atom stereocenters. The highest BCUT2D eigenvalue weighted by molar-refractivity contribution is 5.66. The molecule has 0 aromatic heterocycles. The van der Waals surface area contributed by atoms with Crippen molar-refractivity contribution in [3.63, 3.8) is 0 Å². The first kappa shape index (κ1) is 37.0. The third-order valence-corrected chi connectivity index (χ3v) is 9.88. The zero-order chi connectivity index (χ0) is 29.3. The lowest BCUT2D eigenvalue weighted by Gasteiger charge is -2.44. The summed E-state index contributed by atoms with van der Waals surface area (Å²) < 4.78 is 0. The van der Waals surface area contributed by atoms with Crippen molar-refractivity contribution >= 4 is 11.9 Å². The van der Waals surface area contributed by atoms with Gasteiger partial charge in [-0.3, -0.25) is 9.59 Å². The Kier molecular flexibility index (Phi) is 23.7. The molecule has 2 N–H and O–H groups in total. The van der Waals surface area contributed by atoms with Crippen LogP contribution in [0.1, 0.15) is 194 Å². The minimum absolute atomic E-state index is 0.317. The Morgan fingerprint density at radius 3 is 1.10 bits per heavy atom. The van der Waals surface area contributed by atoms with Crippen LogP contribution in [-0.2, 0) is 9.59 Å². The second kappa shape index (κ2) is 25.6. The first-order valence-corrected chi connectivity index (χ1v) is 17.9. The summed E-state index contributed by atoms with van der Waals surface area (Å²) in [6.45, 7) is 4.61. The fourth-order valence-electron chi connectivity index (χ4n) is 7.57. The molecule has 236 valence electrons. The number of rotatable bonds is 28. The molecule has 1 rings (SSSR count). The van der Waals surface area contributed by atoms with Crippen LogP contribution in [0.3, 0.4) is 0 Å². The Hall–Kier alpha value is -1.06. The Balaban J connectivity index is 2.73. The van der Waals surface area contributed by atoms with E-state index >= 15 is 0 Å². The van der Waals surface area contributed by atoms with Gasteiger partial charge >= 0.3 is 11.9 Å². The van der Waals surface area contributed by atoms with Crippen LogP contribution in [0.25, 0.3) is 0 Å². The molecular formula is C36H68O4. The third-order valence-electron chi connectivity index (χ3n) is 9.88. The van der Waals surface area contributed by atoms with Crippen molar-refractivity contribution in [1.82, 2.24) is 0 Å². The van der Waals surface area contributed by atoms with Crippen LogP contribution >= 0.6 is 0 Å². The van der Waals surface area contributed by atoms with Gasteiger partial charge in [0.25, 0.3) is 0 Å². The molecular weight excluding hydrogens is 496 g/mol. The molecule has 0 bridgehead atoms. The average molecular weight is 565 g/mol. The van der Waals surface area contributed by atoms with Gasteiger partial charge in [0.15, 0.2) is 0 Å². The Morgan fingerprint density at radius 1 is 0.450 bits per heavy atom. The van der Waals surface area contributed by atoms with Crippen LogP contribution in [0.4, 0.5) is 0 Å². The fraction of sp³-hybridized carbons (Fsp3) is 0.944. The SMILES string of the molecule is CCCCCCCCC1C(CCCCCCC)CCC(CCCCCCCC(=O)O)C1CCCCCCC(=O)O. The van der Waals surface area contributed by atoms with Crippen molar-refractivity contribution in [2.24, 2.45) is 23.7 Å². The average Bonchev–Trinajstić information content (AvgIpc) is 2.92. The molecule has 4 heteroatoms. The zero-order valence-corrected chi connectivity index (χ0v) is 26.8. The molecule has 0 radical (unpaired) electrons. The number of hydrogen-bond acceptors (Lipinski definition) is 2. The second-order valence-corrected chi connectivity index (χ2v) is 13.2. The van der Waals surface area contributed by atoms with Crippen molar-refractivity contribution in [1.29, 1.82) is 0 Å². The van der Waals surface area contributed by atoms with Gasteiger partial charge in [-0.25, -0.2) is 0 Å². The summed E-state index contributed by atoms with van der Waals surface area (Å²) >= 11 is 0. The molecule has 0 aromatic carbocycles. The van der Waals surface area contributed by atoms with Gasteiger partial charge in [-0.05, 0) is 62.2 Å². The molecule has 1 fully saturated rings. The van der Waals surface area contributed by atoms with Gasteiger partial charge in [-0.15, -0.1) is 0 Å². The van der Waals surface area contributed by atoms with Crippen molar-refractivity contribution in [2.45, 2.75) is 194 Å². The van der Waals surface area contributed by atoms with E-state index in [0.29, 0.717) is 12.8 Å². The molecule has 0 spiro atoms. The molecule has 0 amide bonds. The number of carboxylic acids is 2. The van der Waals surface area contributed by atoms with Gasteiger partial charge in [-0.2, -0.15) is 0 Å². The standard InChI is InChI=1S/C36H68O4/c1-3-5-7-9-13-19-25-33-31(23-17-11-8-6-4-2)29-30-32(24-18-12-10-14-21-27-35(37)38)34(33)26-20-15-16-22-28-36(39)40/h31-34H,3-30H2,1-2H3,(H,37,38)(H,39,40). The first-order chi connectivity index (χ1) is 19.5. The van der Waals surface area contributed by atoms with E-state index in [-0.39, 0.29) is 0 Å². The summed E-state index contributed by atoms with van der Waals surface area (Å²) in [7, 11) is 0. The van der Waals surface area contributed by atoms with E-state index in [4.69, 9.17) is 10.2 Å². The maximum atomic E-state index is 10.9. The zero-order valence-electron chi connectivity index (χ0n) is 26.8. The summed E-state index contributed by atoms with van der Waals surface area (Å²) in [6, 6.07) is 0. The number of carboxylic acid groups (broad SMARTS) is 2. The first-order valence-electron chi connectivity index (χ1n) is 17.9. The van der Waals surface area contributed by atoms with Gasteiger partial charge in [-0.1, -0.05) is 142 Å². The molecule has 4 nitrogen and oxygen atoms in total. The minimum Gasteiger partial charge on any atom is -0.481 e. The molecule has 40 heavy (non-hydrogen) atoms. The van der Waals surface area contributed by atoms with Gasteiger partial charge in [0.05, 0.1) is 0 Å². The van der Waals surface area contributed by atoms with Crippen molar-refractivity contribution in [3.8, 4) is 0 Å². The minimum atomic E-state index is -0.663. The van der Waals surface area contributed by atoms with Crippen molar-refractivity contribution < 1.29 is 19.8 Å². The van der Waals surface area contributed by atoms with Crippen LogP contribution in [0.2, 0.25) is 0 Å². The largest absolute Gasteiger partial charge is 0.481 e. The van der Waals surface area contributed by atoms with Crippen molar-refractivity contribution in [2.75, 3.05) is 0 Å². The Morgan fingerprint density at radius 2 is 0.750 bits per heavy atom. The maximum absolute atomic E-state index is 10.9. The van der Waals surface area contributed by atoms with Gasteiger partial charge < -0.3 is 10.2 Å². The third kappa shape index (κ3) is 19.1. The van der Waals surface area contributed by atoms with Crippen LogP contribution in [0.5, 0.6) is 0 Å². The molecule has 4 atom stereocenters. The number of carbonyl (C=O) groups is 2. The van der Waals surface area contributed by atoms with Gasteiger partial charge in [0, 0.05) is 12.8 Å². The number of hydrogen-bond donors (Lipinski definition) is 2. The van der Waals surface area contributed by atoms with E-state index in [2.05, 4.69) is 13.8 Å². The predicted octanol–water partition coefficient (Wildman–Crippen LogP) is 11.6. The fourth-order valence-corrected chi connectivity index (χ4v) is 7.57. The van der Waals surface area contributed by atoms with Crippen molar-refractivity contribution in [3.05, 3.63) is 0 Å². The van der Waals surface area contributed by atoms with E-state index in [9.17, 15) is 9.59 Å². The monoisotopic (exact) mass is 565 g/mol. The number of unbranched alkanes of at least 4 members (excludes halogenated alkanes) is 16. The second-order valence-electron chi connectivity index (χ2n) is 13.2. The normalized spacial score (nSPS) is 21.1. The van der Waals surface area contributed by atoms with E-state index in [1.807, 2.05) is 0 Å². The van der Waals surface area contributed by atoms with Crippen LogP contribution in [0, 0.1) is 23.7 Å². The highest BCUT2D eigenvalue weighted by atomic mass is 16.4. The molecule has 0 saturated heterocycles. The summed E-state index contributed by atoms with van der Waals surface area (Å²) in [4.78, 5) is 21.7. The Bertz CT molecular complexity index is 604. The molecule has 1 aliphatic rings. The van der Waals surface area contributed by atoms with Crippen LogP contribution in [-0.4, -0.2) is 22.2 Å². The highest BCUT2D eigenvalue weighted by Crippen LogP contribution is 2.47. The van der Waals surface area contributed by atoms with Crippen LogP contribution < -0.4 is 0 Å². The summed E-state index contributed by atoms with van der Waals surface area (Å²) in [6.07, 6.45) is 34.3. The predicted molar refractivity (Wildman–Crippen MR) is 170 cm³/mol. The summed E-state index contributed by atoms with van der Waals surface area (Å²) in [5.41, 5.74) is 0. The van der Waals surface area contributed by atoms with E-state index < -0.39 is 11.9 Å². The molecule has 0 aromatic rings. The Labute approximate surface area is 248 Å². The van der Waals surface area contributed by atoms with Gasteiger partial charge in [0.2, 0.25) is 0 Å². The number of aliphatic carboxylic acids is 2. The highest BCUT2D eigenvalue weighted by Gasteiger charge is 2.37. The van der Waals surface area contributed by atoms with E-state index in [0.717, 1.165) is 49.4 Å². The van der Waals surface area contributed by atoms with Crippen LogP contribution in [0.15, 0.2) is 0 Å². The smallest absolute Gasteiger partial charge is 0.303 e. The van der Waals surface area contributed by atoms with Gasteiger partial charge in [0.1, 0.15) is 0 Å². The molecule has 1 saturated carbocycles. The summed E-state index contributed by atoms with van der Waals surface area (Å²) in [5.74, 6) is 2.21. The summed E-state index contributed by atoms with van der Waals surface area (Å²) in [5, 5.41) is 17.9. The topological polar surface area (TPSA) is 74.6 Å².